The predicted octanol–water partition coefficient (Wildman–Crippen LogP) is 3.49. The molecule has 0 aliphatic rings. The van der Waals surface area contributed by atoms with Gasteiger partial charge >= 0.3 is 0 Å². The minimum Gasteiger partial charge on any atom is -0.299 e. The standard InChI is InChI=1S/C13H13ClFN3/c1-13(2,3)11-10(4-5-16)18-7-8(15)6-9(14)12(18)17-11/h6-7H,4H2,1-3H3. The van der Waals surface area contributed by atoms with Gasteiger partial charge in [-0.15, -0.1) is 0 Å². The highest BCUT2D eigenvalue weighted by Crippen LogP contribution is 2.29. The van der Waals surface area contributed by atoms with Crippen LogP contribution in [0.15, 0.2) is 12.3 Å². The molecule has 0 spiro atoms. The number of aromatic nitrogens is 2. The van der Waals surface area contributed by atoms with Gasteiger partial charge < -0.3 is 0 Å². The van der Waals surface area contributed by atoms with Crippen molar-refractivity contribution in [1.82, 2.24) is 9.38 Å². The van der Waals surface area contributed by atoms with Crippen LogP contribution in [0.3, 0.4) is 0 Å². The third-order valence-corrected chi connectivity index (χ3v) is 2.98. The molecule has 2 rings (SSSR count). The van der Waals surface area contributed by atoms with E-state index in [1.807, 2.05) is 20.8 Å². The highest BCUT2D eigenvalue weighted by atomic mass is 35.5. The Morgan fingerprint density at radius 3 is 2.72 bits per heavy atom. The number of fused-ring (bicyclic) bond motifs is 1. The lowest BCUT2D eigenvalue weighted by Gasteiger charge is -2.16. The number of pyridine rings is 1. The van der Waals surface area contributed by atoms with Crippen molar-refractivity contribution >= 4 is 17.2 Å². The SMILES string of the molecule is CC(C)(C)c1nc2c(Cl)cc(F)cn2c1CC#N. The lowest BCUT2D eigenvalue weighted by Crippen LogP contribution is -2.14. The van der Waals surface area contributed by atoms with Gasteiger partial charge in [-0.25, -0.2) is 9.37 Å². The molecular weight excluding hydrogens is 253 g/mol. The summed E-state index contributed by atoms with van der Waals surface area (Å²) in [5.74, 6) is -0.440. The zero-order valence-electron chi connectivity index (χ0n) is 10.5. The normalized spacial score (nSPS) is 11.8. The summed E-state index contributed by atoms with van der Waals surface area (Å²) < 4.78 is 15.0. The summed E-state index contributed by atoms with van der Waals surface area (Å²) >= 11 is 5.99. The van der Waals surface area contributed by atoms with E-state index in [2.05, 4.69) is 11.1 Å². The average Bonchev–Trinajstić information content (AvgIpc) is 2.58. The quantitative estimate of drug-likeness (QED) is 0.792. The summed E-state index contributed by atoms with van der Waals surface area (Å²) in [6.45, 7) is 6.00. The van der Waals surface area contributed by atoms with E-state index in [0.29, 0.717) is 11.3 Å². The second-order valence-corrected chi connectivity index (χ2v) is 5.60. The van der Waals surface area contributed by atoms with Gasteiger partial charge in [-0.3, -0.25) is 4.40 Å². The molecule has 0 saturated carbocycles. The summed E-state index contributed by atoms with van der Waals surface area (Å²) in [7, 11) is 0. The maximum absolute atomic E-state index is 13.4. The lowest BCUT2D eigenvalue weighted by atomic mass is 9.90. The Hall–Kier alpha value is -1.60. The van der Waals surface area contributed by atoms with Crippen LogP contribution in [0.1, 0.15) is 32.2 Å². The van der Waals surface area contributed by atoms with Crippen molar-refractivity contribution in [3.63, 3.8) is 0 Å². The molecule has 94 valence electrons. The van der Waals surface area contributed by atoms with Crippen molar-refractivity contribution in [2.75, 3.05) is 0 Å². The topological polar surface area (TPSA) is 41.1 Å². The van der Waals surface area contributed by atoms with E-state index in [4.69, 9.17) is 16.9 Å². The molecule has 0 N–H and O–H groups in total. The number of hydrogen-bond acceptors (Lipinski definition) is 2. The molecule has 0 aliphatic heterocycles. The Morgan fingerprint density at radius 1 is 1.50 bits per heavy atom. The number of imidazole rings is 1. The van der Waals surface area contributed by atoms with Crippen LogP contribution in [0.4, 0.5) is 4.39 Å². The molecule has 3 nitrogen and oxygen atoms in total. The molecule has 2 aromatic heterocycles. The summed E-state index contributed by atoms with van der Waals surface area (Å²) in [5.41, 5.74) is 1.74. The van der Waals surface area contributed by atoms with Crippen LogP contribution >= 0.6 is 11.6 Å². The molecular formula is C13H13ClFN3. The molecule has 0 aliphatic carbocycles. The van der Waals surface area contributed by atoms with Crippen LogP contribution in [0.25, 0.3) is 5.65 Å². The van der Waals surface area contributed by atoms with Crippen LogP contribution in [0.5, 0.6) is 0 Å². The first-order valence-corrected chi connectivity index (χ1v) is 5.96. The summed E-state index contributed by atoms with van der Waals surface area (Å²) in [6, 6.07) is 3.32. The maximum atomic E-state index is 13.4. The molecule has 0 saturated heterocycles. The number of rotatable bonds is 1. The molecule has 2 heterocycles. The Morgan fingerprint density at radius 2 is 2.17 bits per heavy atom. The molecule has 0 radical (unpaired) electrons. The van der Waals surface area contributed by atoms with Crippen molar-refractivity contribution in [3.8, 4) is 6.07 Å². The fourth-order valence-corrected chi connectivity index (χ4v) is 2.20. The molecule has 0 fully saturated rings. The number of nitrogens with zero attached hydrogens (tertiary/aromatic N) is 3. The van der Waals surface area contributed by atoms with Gasteiger partial charge in [0.05, 0.1) is 28.9 Å². The van der Waals surface area contributed by atoms with E-state index < -0.39 is 5.82 Å². The van der Waals surface area contributed by atoms with E-state index in [-0.39, 0.29) is 16.9 Å². The van der Waals surface area contributed by atoms with E-state index >= 15 is 0 Å². The third kappa shape index (κ3) is 2.06. The van der Waals surface area contributed by atoms with Crippen LogP contribution in [0, 0.1) is 17.1 Å². The van der Waals surface area contributed by atoms with Gasteiger partial charge in [0.2, 0.25) is 0 Å². The first-order chi connectivity index (χ1) is 8.34. The molecule has 5 heteroatoms. The summed E-state index contributed by atoms with van der Waals surface area (Å²) in [4.78, 5) is 4.46. The van der Waals surface area contributed by atoms with Crippen LogP contribution in [-0.4, -0.2) is 9.38 Å². The van der Waals surface area contributed by atoms with Crippen LogP contribution in [-0.2, 0) is 11.8 Å². The average molecular weight is 266 g/mol. The smallest absolute Gasteiger partial charge is 0.156 e. The van der Waals surface area contributed by atoms with Crippen molar-refractivity contribution < 1.29 is 4.39 Å². The van der Waals surface area contributed by atoms with Crippen molar-refractivity contribution in [2.45, 2.75) is 32.6 Å². The van der Waals surface area contributed by atoms with E-state index in [1.165, 1.54) is 12.3 Å². The minimum atomic E-state index is -0.440. The number of hydrogen-bond donors (Lipinski definition) is 0. The van der Waals surface area contributed by atoms with Crippen LogP contribution in [0.2, 0.25) is 5.02 Å². The van der Waals surface area contributed by atoms with Gasteiger partial charge in [-0.1, -0.05) is 32.4 Å². The Bertz CT molecular complexity index is 647. The first-order valence-electron chi connectivity index (χ1n) is 5.58. The number of nitriles is 1. The predicted molar refractivity (Wildman–Crippen MR) is 68.2 cm³/mol. The second-order valence-electron chi connectivity index (χ2n) is 5.19. The Labute approximate surface area is 110 Å². The molecule has 0 aromatic carbocycles. The monoisotopic (exact) mass is 265 g/mol. The molecule has 0 amide bonds. The Kier molecular flexibility index (Phi) is 3.04. The first kappa shape index (κ1) is 12.8. The number of halogens is 2. The van der Waals surface area contributed by atoms with E-state index in [9.17, 15) is 4.39 Å². The van der Waals surface area contributed by atoms with Crippen molar-refractivity contribution in [3.05, 3.63) is 34.5 Å². The van der Waals surface area contributed by atoms with Gasteiger partial charge in [-0.05, 0) is 6.07 Å². The van der Waals surface area contributed by atoms with E-state index in [0.717, 1.165) is 5.69 Å². The van der Waals surface area contributed by atoms with Gasteiger partial charge in [0.25, 0.3) is 0 Å². The zero-order valence-corrected chi connectivity index (χ0v) is 11.2. The van der Waals surface area contributed by atoms with Gasteiger partial charge in [0.1, 0.15) is 5.82 Å². The van der Waals surface area contributed by atoms with Crippen LogP contribution < -0.4 is 0 Å². The highest BCUT2D eigenvalue weighted by Gasteiger charge is 2.24. The minimum absolute atomic E-state index is 0.174. The Balaban J connectivity index is 2.85. The van der Waals surface area contributed by atoms with Gasteiger partial charge in [0, 0.05) is 11.6 Å². The third-order valence-electron chi connectivity index (χ3n) is 2.70. The highest BCUT2D eigenvalue weighted by molar-refractivity contribution is 6.33. The zero-order chi connectivity index (χ0) is 13.5. The lowest BCUT2D eigenvalue weighted by molar-refractivity contribution is 0.566. The van der Waals surface area contributed by atoms with Crippen molar-refractivity contribution in [2.24, 2.45) is 0 Å². The fourth-order valence-electron chi connectivity index (χ4n) is 1.96. The summed E-state index contributed by atoms with van der Waals surface area (Å²) in [5, 5.41) is 9.16. The fraction of sp³-hybridized carbons (Fsp3) is 0.385. The molecule has 18 heavy (non-hydrogen) atoms. The van der Waals surface area contributed by atoms with Gasteiger partial charge in [-0.2, -0.15) is 5.26 Å². The molecule has 0 unspecified atom stereocenters. The van der Waals surface area contributed by atoms with Gasteiger partial charge in [0.15, 0.2) is 5.65 Å². The molecule has 2 aromatic rings. The largest absolute Gasteiger partial charge is 0.299 e. The second kappa shape index (κ2) is 4.25. The van der Waals surface area contributed by atoms with E-state index in [1.54, 1.807) is 4.40 Å². The molecule has 0 bridgehead atoms. The molecule has 0 atom stereocenters. The van der Waals surface area contributed by atoms with Crippen molar-refractivity contribution in [1.29, 1.82) is 5.26 Å². The summed E-state index contributed by atoms with van der Waals surface area (Å²) in [6.07, 6.45) is 1.49. The maximum Gasteiger partial charge on any atom is 0.156 e.